The maximum atomic E-state index is 13.3. The van der Waals surface area contributed by atoms with Crippen molar-refractivity contribution >= 4 is 17.2 Å². The van der Waals surface area contributed by atoms with E-state index in [2.05, 4.69) is 27.3 Å². The molecule has 2 aliphatic heterocycles. The first kappa shape index (κ1) is 22.7. The molecule has 0 fully saturated rings. The van der Waals surface area contributed by atoms with Gasteiger partial charge in [-0.3, -0.25) is 14.8 Å². The number of pyridine rings is 1. The van der Waals surface area contributed by atoms with Gasteiger partial charge in [0.1, 0.15) is 5.71 Å². The number of alkyl halides is 4. The summed E-state index contributed by atoms with van der Waals surface area (Å²) in [6, 6.07) is 1.55. The second-order valence-electron chi connectivity index (χ2n) is 7.35. The lowest BCUT2D eigenvalue weighted by Crippen LogP contribution is -2.39. The summed E-state index contributed by atoms with van der Waals surface area (Å²) in [5, 5.41) is 4.51. The van der Waals surface area contributed by atoms with Crippen molar-refractivity contribution in [2.75, 3.05) is 6.54 Å². The lowest BCUT2D eigenvalue weighted by atomic mass is 10.0. The Balaban J connectivity index is 1.71. The topological polar surface area (TPSA) is 69.6 Å². The third kappa shape index (κ3) is 5.01. The monoisotopic (exact) mass is 437 g/mol. The third-order valence-electron chi connectivity index (χ3n) is 4.83. The number of nitrogens with zero attached hydrogens (tertiary/aromatic N) is 3. The smallest absolute Gasteiger partial charge is 0.311 e. The number of carbonyl (C=O) groups excluding carboxylic acids is 1. The van der Waals surface area contributed by atoms with Gasteiger partial charge >= 0.3 is 12.3 Å². The number of nitrogens with one attached hydrogen (secondary N) is 2. The van der Waals surface area contributed by atoms with Crippen LogP contribution in [0.25, 0.3) is 5.57 Å². The first-order chi connectivity index (χ1) is 14.6. The summed E-state index contributed by atoms with van der Waals surface area (Å²) in [4.78, 5) is 20.5. The van der Waals surface area contributed by atoms with Gasteiger partial charge in [-0.1, -0.05) is 12.6 Å². The van der Waals surface area contributed by atoms with Crippen LogP contribution in [0.4, 0.5) is 17.6 Å². The van der Waals surface area contributed by atoms with E-state index in [1.165, 1.54) is 6.20 Å². The highest BCUT2D eigenvalue weighted by molar-refractivity contribution is 6.46. The van der Waals surface area contributed by atoms with Crippen molar-refractivity contribution in [2.24, 2.45) is 4.99 Å². The van der Waals surface area contributed by atoms with Gasteiger partial charge in [-0.15, -0.1) is 0 Å². The van der Waals surface area contributed by atoms with Crippen LogP contribution in [0.5, 0.6) is 0 Å². The van der Waals surface area contributed by atoms with Crippen molar-refractivity contribution in [3.05, 3.63) is 59.7 Å². The zero-order valence-electron chi connectivity index (χ0n) is 17.1. The molecular formula is C21H23F4N5O. The second kappa shape index (κ2) is 9.01. The molecule has 0 radical (unpaired) electrons. The van der Waals surface area contributed by atoms with Crippen LogP contribution in [0, 0.1) is 6.92 Å². The van der Waals surface area contributed by atoms with Gasteiger partial charge in [-0.2, -0.15) is 8.78 Å². The summed E-state index contributed by atoms with van der Waals surface area (Å²) in [6.45, 7) is 7.86. The lowest BCUT2D eigenvalue weighted by molar-refractivity contribution is -0.123. The van der Waals surface area contributed by atoms with Crippen LogP contribution in [0.1, 0.15) is 30.2 Å². The molecule has 1 aromatic heterocycles. The zero-order valence-corrected chi connectivity index (χ0v) is 17.1. The lowest BCUT2D eigenvalue weighted by Gasteiger charge is -2.20. The first-order valence-corrected chi connectivity index (χ1v) is 9.69. The Bertz CT molecular complexity index is 971. The van der Waals surface area contributed by atoms with Gasteiger partial charge in [0.2, 0.25) is 0 Å². The van der Waals surface area contributed by atoms with E-state index in [9.17, 15) is 22.4 Å². The number of aromatic nitrogens is 1. The predicted molar refractivity (Wildman–Crippen MR) is 109 cm³/mol. The van der Waals surface area contributed by atoms with Crippen molar-refractivity contribution in [3.63, 3.8) is 0 Å². The Labute approximate surface area is 177 Å². The Kier molecular flexibility index (Phi) is 6.59. The normalized spacial score (nSPS) is 18.0. The number of amides is 1. The number of hydrogen-bond donors (Lipinski definition) is 2. The van der Waals surface area contributed by atoms with Gasteiger partial charge in [0.05, 0.1) is 18.3 Å². The fourth-order valence-corrected chi connectivity index (χ4v) is 3.42. The Morgan fingerprint density at radius 2 is 2.16 bits per heavy atom. The van der Waals surface area contributed by atoms with E-state index in [1.807, 2.05) is 13.0 Å². The van der Waals surface area contributed by atoms with Crippen molar-refractivity contribution in [3.8, 4) is 0 Å². The Morgan fingerprint density at radius 3 is 2.81 bits per heavy atom. The summed E-state index contributed by atoms with van der Waals surface area (Å²) in [6.07, 6.45) is 1.76. The molecule has 0 bridgehead atoms. The van der Waals surface area contributed by atoms with Gasteiger partial charge in [0.15, 0.2) is 0 Å². The number of fused-ring (bicyclic) bond motifs is 1. The zero-order chi connectivity index (χ0) is 22.8. The van der Waals surface area contributed by atoms with Crippen LogP contribution in [0.15, 0.2) is 47.9 Å². The molecule has 2 N–H and O–H groups in total. The number of hydrazine groups is 1. The number of carbonyl (C=O) groups is 1. The van der Waals surface area contributed by atoms with E-state index in [4.69, 9.17) is 0 Å². The minimum Gasteiger partial charge on any atom is -0.351 e. The molecule has 1 aromatic rings. The highest BCUT2D eigenvalue weighted by Gasteiger charge is 2.41. The van der Waals surface area contributed by atoms with Crippen LogP contribution in [-0.4, -0.2) is 46.5 Å². The van der Waals surface area contributed by atoms with Gasteiger partial charge in [-0.05, 0) is 36.6 Å². The summed E-state index contributed by atoms with van der Waals surface area (Å²) in [5.41, 5.74) is 5.66. The van der Waals surface area contributed by atoms with Crippen molar-refractivity contribution < 1.29 is 22.4 Å². The van der Waals surface area contributed by atoms with Crippen LogP contribution in [0.3, 0.4) is 0 Å². The molecule has 6 nitrogen and oxygen atoms in total. The number of aryl methyl sites for hydroxylation is 1. The van der Waals surface area contributed by atoms with Crippen LogP contribution >= 0.6 is 0 Å². The molecule has 1 atom stereocenters. The molecule has 0 saturated heterocycles. The Morgan fingerprint density at radius 1 is 1.42 bits per heavy atom. The summed E-state index contributed by atoms with van der Waals surface area (Å²) in [7, 11) is 0. The van der Waals surface area contributed by atoms with Crippen LogP contribution in [-0.2, 0) is 11.3 Å². The molecule has 10 heteroatoms. The minimum absolute atomic E-state index is 0.144. The summed E-state index contributed by atoms with van der Waals surface area (Å²) in [5.74, 6) is -4.41. The molecule has 0 saturated carbocycles. The molecule has 3 rings (SSSR count). The minimum atomic E-state index is -4.15. The molecule has 0 aliphatic carbocycles. The molecule has 166 valence electrons. The number of aliphatic imine (C=N–C) groups is 1. The van der Waals surface area contributed by atoms with E-state index < -0.39 is 18.8 Å². The van der Waals surface area contributed by atoms with Gasteiger partial charge in [0.25, 0.3) is 5.91 Å². The third-order valence-corrected chi connectivity index (χ3v) is 4.83. The number of halogens is 4. The molecule has 0 spiro atoms. The molecule has 0 aromatic carbocycles. The SMILES string of the molecule is C=C(CC(F)(F)C(F)F)c1ncc(CN2C=C3C(C(=O)NCC)=NC=CC3N2)cc1C. The van der Waals surface area contributed by atoms with E-state index >= 15 is 0 Å². The highest BCUT2D eigenvalue weighted by Crippen LogP contribution is 2.33. The standard InChI is InChI=1S/C21H23F4N5O/c1-4-26-19(31)18-15-11-30(29-16(15)5-6-27-18)10-14-7-12(2)17(28-9-14)13(3)8-21(24,25)20(22)23/h5-7,9,11,16,20,29H,3-4,8,10H2,1-2H3,(H,26,31). The van der Waals surface area contributed by atoms with Gasteiger partial charge < -0.3 is 10.3 Å². The van der Waals surface area contributed by atoms with Crippen LogP contribution < -0.4 is 10.7 Å². The largest absolute Gasteiger partial charge is 0.351 e. The number of allylic oxidation sites excluding steroid dienone is 1. The van der Waals surface area contributed by atoms with E-state index in [0.29, 0.717) is 24.4 Å². The predicted octanol–water partition coefficient (Wildman–Crippen LogP) is 3.37. The van der Waals surface area contributed by atoms with E-state index in [-0.39, 0.29) is 23.2 Å². The average Bonchev–Trinajstić information content (AvgIpc) is 3.09. The molecule has 2 aliphatic rings. The number of rotatable bonds is 8. The van der Waals surface area contributed by atoms with Crippen molar-refractivity contribution in [2.45, 2.75) is 45.2 Å². The maximum absolute atomic E-state index is 13.3. The fourth-order valence-electron chi connectivity index (χ4n) is 3.42. The van der Waals surface area contributed by atoms with Crippen LogP contribution in [0.2, 0.25) is 0 Å². The van der Waals surface area contributed by atoms with Gasteiger partial charge in [-0.25, -0.2) is 14.2 Å². The molecule has 1 unspecified atom stereocenters. The second-order valence-corrected chi connectivity index (χ2v) is 7.35. The molecule has 31 heavy (non-hydrogen) atoms. The fraction of sp³-hybridized carbons (Fsp3) is 0.381. The summed E-state index contributed by atoms with van der Waals surface area (Å²) < 4.78 is 51.6. The number of hydrogen-bond acceptors (Lipinski definition) is 5. The van der Waals surface area contributed by atoms with Crippen molar-refractivity contribution in [1.29, 1.82) is 0 Å². The average molecular weight is 437 g/mol. The van der Waals surface area contributed by atoms with E-state index in [1.54, 1.807) is 30.4 Å². The highest BCUT2D eigenvalue weighted by atomic mass is 19.3. The quantitative estimate of drug-likeness (QED) is 0.612. The molecule has 1 amide bonds. The molecule has 3 heterocycles. The van der Waals surface area contributed by atoms with E-state index in [0.717, 1.165) is 11.1 Å². The first-order valence-electron chi connectivity index (χ1n) is 9.69. The summed E-state index contributed by atoms with van der Waals surface area (Å²) >= 11 is 0. The molecular weight excluding hydrogens is 414 g/mol. The Hall–Kier alpha value is -3.01. The van der Waals surface area contributed by atoms with Gasteiger partial charge in [0, 0.05) is 37.1 Å². The maximum Gasteiger partial charge on any atom is 0.311 e. The van der Waals surface area contributed by atoms with Crippen molar-refractivity contribution in [1.82, 2.24) is 20.7 Å².